The molecule has 1 atom stereocenters. The number of rotatable bonds is 8. The molecule has 4 heterocycles. The van der Waals surface area contributed by atoms with Crippen molar-refractivity contribution in [1.29, 1.82) is 0 Å². The molecule has 2 aliphatic rings. The van der Waals surface area contributed by atoms with Crippen LogP contribution < -0.4 is 21.3 Å². The van der Waals surface area contributed by atoms with Crippen molar-refractivity contribution in [3.05, 3.63) is 24.8 Å². The van der Waals surface area contributed by atoms with Gasteiger partial charge in [0.25, 0.3) is 0 Å². The maximum atomic E-state index is 11.4. The Kier molecular flexibility index (Phi) is 7.73. The lowest BCUT2D eigenvalue weighted by molar-refractivity contribution is -0.121. The molecule has 0 saturated carbocycles. The van der Waals surface area contributed by atoms with Gasteiger partial charge in [-0.05, 0) is 12.8 Å². The minimum atomic E-state index is 0.0723. The molecule has 2 saturated heterocycles. The fourth-order valence-corrected chi connectivity index (χ4v) is 4.46. The molecule has 36 heavy (non-hydrogen) atoms. The van der Waals surface area contributed by atoms with E-state index in [0.717, 1.165) is 12.2 Å². The van der Waals surface area contributed by atoms with E-state index in [1.807, 2.05) is 11.8 Å². The number of aromatic nitrogens is 4. The van der Waals surface area contributed by atoms with E-state index in [1.54, 1.807) is 12.4 Å². The average Bonchev–Trinajstić information content (AvgIpc) is 2.88. The first-order chi connectivity index (χ1) is 17.3. The summed E-state index contributed by atoms with van der Waals surface area (Å²) in [6, 6.07) is 0.0723. The molecular weight excluding hydrogens is 460 g/mol. The van der Waals surface area contributed by atoms with Crippen molar-refractivity contribution >= 4 is 29.7 Å². The topological polar surface area (TPSA) is 143 Å². The van der Waals surface area contributed by atoms with Crippen molar-refractivity contribution in [2.45, 2.75) is 26.8 Å². The second kappa shape index (κ2) is 10.9. The number of nitrogens with two attached hydrogens (primary N) is 2. The Morgan fingerprint density at radius 1 is 1.19 bits per heavy atom. The molecular formula is C24H36N10O2. The number of anilines is 4. The number of hydrogen-bond acceptors (Lipinski definition) is 11. The zero-order chi connectivity index (χ0) is 25.8. The molecule has 1 amide bonds. The van der Waals surface area contributed by atoms with Crippen LogP contribution in [0.2, 0.25) is 0 Å². The minimum Gasteiger partial charge on any atom is -0.393 e. The Balaban J connectivity index is 1.78. The van der Waals surface area contributed by atoms with E-state index >= 15 is 0 Å². The van der Waals surface area contributed by atoms with Gasteiger partial charge in [0.15, 0.2) is 17.5 Å². The lowest BCUT2D eigenvalue weighted by atomic mass is 10.1. The zero-order valence-corrected chi connectivity index (χ0v) is 21.3. The van der Waals surface area contributed by atoms with E-state index < -0.39 is 0 Å². The Bertz CT molecular complexity index is 1070. The second-order valence-electron chi connectivity index (χ2n) is 9.60. The molecule has 2 aliphatic heterocycles. The fourth-order valence-electron chi connectivity index (χ4n) is 4.46. The monoisotopic (exact) mass is 496 g/mol. The van der Waals surface area contributed by atoms with Gasteiger partial charge in [0, 0.05) is 57.7 Å². The van der Waals surface area contributed by atoms with Crippen LogP contribution in [0.3, 0.4) is 0 Å². The zero-order valence-electron chi connectivity index (χ0n) is 21.3. The smallest absolute Gasteiger partial charge is 0.219 e. The third-order valence-corrected chi connectivity index (χ3v) is 6.44. The highest BCUT2D eigenvalue weighted by molar-refractivity contribution is 5.80. The minimum absolute atomic E-state index is 0.0723. The predicted molar refractivity (Wildman–Crippen MR) is 140 cm³/mol. The molecule has 194 valence electrons. The second-order valence-corrected chi connectivity index (χ2v) is 9.60. The van der Waals surface area contributed by atoms with Gasteiger partial charge < -0.3 is 35.8 Å². The molecule has 2 fully saturated rings. The molecule has 0 aliphatic carbocycles. The van der Waals surface area contributed by atoms with E-state index in [1.165, 1.54) is 0 Å². The molecule has 2 aromatic heterocycles. The van der Waals surface area contributed by atoms with Crippen LogP contribution in [0.5, 0.6) is 0 Å². The highest BCUT2D eigenvalue weighted by atomic mass is 16.5. The van der Waals surface area contributed by atoms with Crippen molar-refractivity contribution in [2.24, 2.45) is 5.92 Å². The summed E-state index contributed by atoms with van der Waals surface area (Å²) in [5, 5.41) is 0. The van der Waals surface area contributed by atoms with Crippen LogP contribution >= 0.6 is 0 Å². The molecule has 0 aromatic carbocycles. The van der Waals surface area contributed by atoms with E-state index in [2.05, 4.69) is 45.1 Å². The van der Waals surface area contributed by atoms with E-state index in [0.29, 0.717) is 87.1 Å². The summed E-state index contributed by atoms with van der Waals surface area (Å²) in [4.78, 5) is 37.5. The number of piperazine rings is 1. The van der Waals surface area contributed by atoms with Crippen molar-refractivity contribution < 1.29 is 9.53 Å². The van der Waals surface area contributed by atoms with Crippen molar-refractivity contribution in [3.8, 4) is 11.4 Å². The maximum absolute atomic E-state index is 11.4. The third kappa shape index (κ3) is 5.43. The summed E-state index contributed by atoms with van der Waals surface area (Å²) in [7, 11) is 0. The number of amides is 1. The van der Waals surface area contributed by atoms with Gasteiger partial charge in [0.05, 0.1) is 18.8 Å². The SMILES string of the molecule is C=C(N1CCN(C=O)[C@H](C)C1)N(CC(C)C)c1nc(-c2cnc(N)nc2)nc(N2CCOCC2)c1N. The van der Waals surface area contributed by atoms with Crippen LogP contribution in [0, 0.1) is 5.92 Å². The number of morpholine rings is 1. The molecule has 2 aromatic rings. The normalized spacial score (nSPS) is 18.4. The highest BCUT2D eigenvalue weighted by Crippen LogP contribution is 2.35. The molecule has 0 bridgehead atoms. The van der Waals surface area contributed by atoms with Gasteiger partial charge in [0.1, 0.15) is 11.5 Å². The number of nitrogen functional groups attached to an aromatic ring is 2. The van der Waals surface area contributed by atoms with Gasteiger partial charge in [-0.15, -0.1) is 0 Å². The molecule has 0 unspecified atom stereocenters. The van der Waals surface area contributed by atoms with Gasteiger partial charge in [-0.1, -0.05) is 20.4 Å². The van der Waals surface area contributed by atoms with Crippen LogP contribution in [0.15, 0.2) is 24.8 Å². The van der Waals surface area contributed by atoms with E-state index in [4.69, 9.17) is 26.2 Å². The number of carbonyl (C=O) groups is 1. The molecule has 12 nitrogen and oxygen atoms in total. The lowest BCUT2D eigenvalue weighted by Crippen LogP contribution is -2.53. The molecule has 0 spiro atoms. The van der Waals surface area contributed by atoms with Crippen LogP contribution in [-0.4, -0.2) is 94.7 Å². The first-order valence-electron chi connectivity index (χ1n) is 12.3. The van der Waals surface area contributed by atoms with E-state index in [-0.39, 0.29) is 12.0 Å². The Morgan fingerprint density at radius 2 is 1.89 bits per heavy atom. The first-order valence-corrected chi connectivity index (χ1v) is 12.3. The number of carbonyl (C=O) groups excluding carboxylic acids is 1. The van der Waals surface area contributed by atoms with Gasteiger partial charge in [-0.2, -0.15) is 0 Å². The molecule has 4 rings (SSSR count). The number of nitrogens with zero attached hydrogens (tertiary/aromatic N) is 8. The summed E-state index contributed by atoms with van der Waals surface area (Å²) in [6.07, 6.45) is 4.14. The fraction of sp³-hybridized carbons (Fsp3) is 0.542. The number of hydrogen-bond donors (Lipinski definition) is 2. The molecule has 12 heteroatoms. The molecule has 0 radical (unpaired) electrons. The van der Waals surface area contributed by atoms with Gasteiger partial charge >= 0.3 is 0 Å². The van der Waals surface area contributed by atoms with Crippen molar-refractivity contribution in [2.75, 3.05) is 73.7 Å². The Labute approximate surface area is 211 Å². The maximum Gasteiger partial charge on any atom is 0.219 e. The summed E-state index contributed by atoms with van der Waals surface area (Å²) in [5.41, 5.74) is 13.6. The predicted octanol–water partition coefficient (Wildman–Crippen LogP) is 1.03. The van der Waals surface area contributed by atoms with Gasteiger partial charge in [0.2, 0.25) is 12.4 Å². The van der Waals surface area contributed by atoms with Gasteiger partial charge in [-0.25, -0.2) is 19.9 Å². The van der Waals surface area contributed by atoms with Crippen molar-refractivity contribution in [3.63, 3.8) is 0 Å². The summed E-state index contributed by atoms with van der Waals surface area (Å²) in [5.74, 6) is 2.97. The highest BCUT2D eigenvalue weighted by Gasteiger charge is 2.30. The van der Waals surface area contributed by atoms with Crippen LogP contribution in [0.25, 0.3) is 11.4 Å². The van der Waals surface area contributed by atoms with Crippen LogP contribution in [-0.2, 0) is 9.53 Å². The summed E-state index contributed by atoms with van der Waals surface area (Å²) >= 11 is 0. The van der Waals surface area contributed by atoms with Crippen LogP contribution in [0.4, 0.5) is 23.3 Å². The van der Waals surface area contributed by atoms with Crippen molar-refractivity contribution in [1.82, 2.24) is 29.7 Å². The quantitative estimate of drug-likeness (QED) is 0.506. The molecule has 4 N–H and O–H groups in total. The van der Waals surface area contributed by atoms with Crippen LogP contribution in [0.1, 0.15) is 20.8 Å². The van der Waals surface area contributed by atoms with Gasteiger partial charge in [-0.3, -0.25) is 4.79 Å². The Morgan fingerprint density at radius 3 is 2.50 bits per heavy atom. The Hall–Kier alpha value is -3.67. The average molecular weight is 497 g/mol. The summed E-state index contributed by atoms with van der Waals surface area (Å²) < 4.78 is 5.55. The first kappa shape index (κ1) is 25.4. The lowest BCUT2D eigenvalue weighted by Gasteiger charge is -2.43. The largest absolute Gasteiger partial charge is 0.393 e. The van der Waals surface area contributed by atoms with E-state index in [9.17, 15) is 4.79 Å². The third-order valence-electron chi connectivity index (χ3n) is 6.44. The number of ether oxygens (including phenoxy) is 1. The summed E-state index contributed by atoms with van der Waals surface area (Å²) in [6.45, 7) is 15.9. The standard InChI is InChI=1S/C24H36N10O2/c1-16(2)13-34(18(4)32-5-6-33(15-35)17(3)14-32)23-20(25)22(31-7-9-36-10-8-31)29-21(30-23)19-11-27-24(26)28-12-19/h11-12,15-17H,4-10,13-14,25H2,1-3H3,(H2,26,27,28)/t17-/m1/s1.